The highest BCUT2D eigenvalue weighted by atomic mass is 15.2. The van der Waals surface area contributed by atoms with Crippen molar-refractivity contribution >= 4 is 5.69 Å². The summed E-state index contributed by atoms with van der Waals surface area (Å²) >= 11 is 0. The average Bonchev–Trinajstić information content (AvgIpc) is 3.19. The third-order valence-corrected chi connectivity index (χ3v) is 4.02. The van der Waals surface area contributed by atoms with Crippen molar-refractivity contribution in [2.45, 2.75) is 38.9 Å². The molecule has 1 aromatic carbocycles. The van der Waals surface area contributed by atoms with E-state index in [9.17, 15) is 0 Å². The zero-order valence-corrected chi connectivity index (χ0v) is 13.1. The van der Waals surface area contributed by atoms with Crippen molar-refractivity contribution < 1.29 is 0 Å². The van der Waals surface area contributed by atoms with E-state index < -0.39 is 0 Å². The third kappa shape index (κ3) is 3.64. The molecule has 4 nitrogen and oxygen atoms in total. The quantitative estimate of drug-likeness (QED) is 0.885. The number of rotatable bonds is 6. The van der Waals surface area contributed by atoms with Gasteiger partial charge in [-0.3, -0.25) is 4.68 Å². The molecule has 0 radical (unpaired) electrons. The van der Waals surface area contributed by atoms with Gasteiger partial charge in [0.05, 0.1) is 6.20 Å². The Morgan fingerprint density at radius 1 is 1.33 bits per heavy atom. The summed E-state index contributed by atoms with van der Waals surface area (Å²) in [6, 6.07) is 7.52. The number of benzene rings is 1. The van der Waals surface area contributed by atoms with E-state index in [4.69, 9.17) is 0 Å². The van der Waals surface area contributed by atoms with E-state index in [1.54, 1.807) is 0 Å². The van der Waals surface area contributed by atoms with Crippen LogP contribution in [0.3, 0.4) is 0 Å². The largest absolute Gasteiger partial charge is 0.370 e. The highest BCUT2D eigenvalue weighted by Gasteiger charge is 2.20. The van der Waals surface area contributed by atoms with Crippen molar-refractivity contribution in [3.05, 3.63) is 47.3 Å². The fourth-order valence-electron chi connectivity index (χ4n) is 2.72. The monoisotopic (exact) mass is 284 g/mol. The number of hydrogen-bond donors (Lipinski definition) is 1. The van der Waals surface area contributed by atoms with Crippen molar-refractivity contribution in [3.8, 4) is 0 Å². The van der Waals surface area contributed by atoms with Crippen molar-refractivity contribution in [3.63, 3.8) is 0 Å². The zero-order valence-electron chi connectivity index (χ0n) is 13.1. The van der Waals surface area contributed by atoms with Gasteiger partial charge in [0.15, 0.2) is 0 Å². The molecule has 1 heterocycles. The maximum Gasteiger partial charge on any atom is 0.0539 e. The van der Waals surface area contributed by atoms with E-state index in [-0.39, 0.29) is 0 Å². The van der Waals surface area contributed by atoms with Crippen molar-refractivity contribution in [1.82, 2.24) is 15.1 Å². The summed E-state index contributed by atoms with van der Waals surface area (Å²) in [4.78, 5) is 2.28. The summed E-state index contributed by atoms with van der Waals surface area (Å²) in [6.07, 6.45) is 6.68. The molecule has 1 saturated carbocycles. The highest BCUT2D eigenvalue weighted by Crippen LogP contribution is 2.23. The lowest BCUT2D eigenvalue weighted by Crippen LogP contribution is -2.18. The van der Waals surface area contributed by atoms with Gasteiger partial charge in [-0.15, -0.1) is 0 Å². The Bertz CT molecular complexity index is 613. The third-order valence-electron chi connectivity index (χ3n) is 4.02. The molecule has 112 valence electrons. The maximum atomic E-state index is 4.23. The summed E-state index contributed by atoms with van der Waals surface area (Å²) in [7, 11) is 4.09. The lowest BCUT2D eigenvalue weighted by molar-refractivity contribution is 0.687. The fraction of sp³-hybridized carbons (Fsp3) is 0.471. The smallest absolute Gasteiger partial charge is 0.0539 e. The Hall–Kier alpha value is -1.81. The molecule has 0 saturated heterocycles. The first-order valence-corrected chi connectivity index (χ1v) is 7.63. The lowest BCUT2D eigenvalue weighted by Gasteiger charge is -2.21. The molecule has 1 N–H and O–H groups in total. The first-order valence-electron chi connectivity index (χ1n) is 7.63. The van der Waals surface area contributed by atoms with Crippen LogP contribution >= 0.6 is 0 Å². The highest BCUT2D eigenvalue weighted by molar-refractivity contribution is 5.54. The Morgan fingerprint density at radius 2 is 2.14 bits per heavy atom. The van der Waals surface area contributed by atoms with Crippen LogP contribution in [-0.4, -0.2) is 22.9 Å². The molecule has 1 aliphatic carbocycles. The molecule has 0 spiro atoms. The molecule has 1 aromatic heterocycles. The molecule has 3 rings (SSSR count). The standard InChI is InChI=1S/C17H24N4/c1-13-8-14(9-18-16-5-6-16)4-7-17(13)20(2)11-15-10-19-21(3)12-15/h4,7-8,10,12,16,18H,5-6,9,11H2,1-3H3. The van der Waals surface area contributed by atoms with Crippen molar-refractivity contribution in [1.29, 1.82) is 0 Å². The molecule has 21 heavy (non-hydrogen) atoms. The number of anilines is 1. The van der Waals surface area contributed by atoms with Gasteiger partial charge in [0.1, 0.15) is 0 Å². The van der Waals surface area contributed by atoms with Crippen molar-refractivity contribution in [2.75, 3.05) is 11.9 Å². The van der Waals surface area contributed by atoms with Crippen LogP contribution in [0.1, 0.15) is 29.5 Å². The van der Waals surface area contributed by atoms with Crippen LogP contribution in [0.5, 0.6) is 0 Å². The molecule has 0 amide bonds. The summed E-state index contributed by atoms with van der Waals surface area (Å²) in [5.74, 6) is 0. The second-order valence-corrected chi connectivity index (χ2v) is 6.15. The molecule has 1 aliphatic rings. The van der Waals surface area contributed by atoms with Crippen LogP contribution < -0.4 is 10.2 Å². The predicted octanol–water partition coefficient (Wildman–Crippen LogP) is 2.62. The Balaban J connectivity index is 1.65. The van der Waals surface area contributed by atoms with Gasteiger partial charge < -0.3 is 10.2 Å². The minimum atomic E-state index is 0.762. The number of nitrogens with one attached hydrogen (secondary N) is 1. The van der Waals surface area contributed by atoms with E-state index in [2.05, 4.69) is 53.7 Å². The maximum absolute atomic E-state index is 4.23. The zero-order chi connectivity index (χ0) is 14.8. The number of nitrogens with zero attached hydrogens (tertiary/aromatic N) is 3. The molecule has 0 atom stereocenters. The van der Waals surface area contributed by atoms with Crippen LogP contribution in [0.4, 0.5) is 5.69 Å². The molecule has 0 unspecified atom stereocenters. The van der Waals surface area contributed by atoms with Crippen LogP contribution in [-0.2, 0) is 20.1 Å². The normalized spacial score (nSPS) is 14.4. The van der Waals surface area contributed by atoms with E-state index >= 15 is 0 Å². The Labute approximate surface area is 126 Å². The molecule has 2 aromatic rings. The second kappa shape index (κ2) is 5.90. The van der Waals surface area contributed by atoms with Crippen LogP contribution in [0.25, 0.3) is 0 Å². The average molecular weight is 284 g/mol. The van der Waals surface area contributed by atoms with Crippen molar-refractivity contribution in [2.24, 2.45) is 7.05 Å². The minimum Gasteiger partial charge on any atom is -0.370 e. The van der Waals surface area contributed by atoms with Gasteiger partial charge in [0.25, 0.3) is 0 Å². The van der Waals surface area contributed by atoms with Gasteiger partial charge in [0, 0.05) is 50.7 Å². The first kappa shape index (κ1) is 14.1. The van der Waals surface area contributed by atoms with Gasteiger partial charge in [-0.1, -0.05) is 12.1 Å². The topological polar surface area (TPSA) is 33.1 Å². The SMILES string of the molecule is Cc1cc(CNC2CC2)ccc1N(C)Cc1cnn(C)c1. The summed E-state index contributed by atoms with van der Waals surface area (Å²) in [5.41, 5.74) is 5.22. The fourth-order valence-corrected chi connectivity index (χ4v) is 2.72. The Morgan fingerprint density at radius 3 is 2.76 bits per heavy atom. The van der Waals surface area contributed by atoms with E-state index in [1.165, 1.54) is 35.2 Å². The van der Waals surface area contributed by atoms with E-state index in [0.29, 0.717) is 0 Å². The lowest BCUT2D eigenvalue weighted by atomic mass is 10.1. The molecular formula is C17H24N4. The van der Waals surface area contributed by atoms with Gasteiger partial charge >= 0.3 is 0 Å². The van der Waals surface area contributed by atoms with E-state index in [1.807, 2.05) is 17.9 Å². The number of aromatic nitrogens is 2. The molecule has 4 heteroatoms. The van der Waals surface area contributed by atoms with E-state index in [0.717, 1.165) is 19.1 Å². The molecule has 1 fully saturated rings. The van der Waals surface area contributed by atoms with Crippen LogP contribution in [0, 0.1) is 6.92 Å². The number of aryl methyl sites for hydroxylation is 2. The minimum absolute atomic E-state index is 0.762. The Kier molecular flexibility index (Phi) is 3.97. The van der Waals surface area contributed by atoms with Gasteiger partial charge in [-0.25, -0.2) is 0 Å². The van der Waals surface area contributed by atoms with Gasteiger partial charge in [0.2, 0.25) is 0 Å². The first-order chi connectivity index (χ1) is 10.1. The second-order valence-electron chi connectivity index (χ2n) is 6.15. The van der Waals surface area contributed by atoms with Gasteiger partial charge in [-0.2, -0.15) is 5.10 Å². The number of hydrogen-bond acceptors (Lipinski definition) is 3. The molecule has 0 aliphatic heterocycles. The van der Waals surface area contributed by atoms with Gasteiger partial charge in [-0.05, 0) is 37.0 Å². The molecular weight excluding hydrogens is 260 g/mol. The van der Waals surface area contributed by atoms with Crippen LogP contribution in [0.2, 0.25) is 0 Å². The summed E-state index contributed by atoms with van der Waals surface area (Å²) in [5, 5.41) is 7.80. The molecule has 0 bridgehead atoms. The predicted molar refractivity (Wildman–Crippen MR) is 86.4 cm³/mol. The summed E-state index contributed by atoms with van der Waals surface area (Å²) < 4.78 is 1.85. The summed E-state index contributed by atoms with van der Waals surface area (Å²) in [6.45, 7) is 4.06. The van der Waals surface area contributed by atoms with Crippen LogP contribution in [0.15, 0.2) is 30.6 Å².